The monoisotopic (exact) mass is 352 g/mol. The van der Waals surface area contributed by atoms with E-state index in [1.54, 1.807) is 30.1 Å². The number of amides is 1. The largest absolute Gasteiger partial charge is 0.391 e. The normalized spacial score (nSPS) is 24.2. The molecule has 6 nitrogen and oxygen atoms in total. The fourth-order valence-electron chi connectivity index (χ4n) is 3.73. The molecule has 0 saturated heterocycles. The number of hydrogen-bond donors (Lipinski definition) is 1. The van der Waals surface area contributed by atoms with Gasteiger partial charge in [0.1, 0.15) is 0 Å². The Morgan fingerprint density at radius 3 is 2.67 bits per heavy atom. The van der Waals surface area contributed by atoms with Crippen LogP contribution in [0.25, 0.3) is 0 Å². The fourth-order valence-corrected chi connectivity index (χ4v) is 5.19. The van der Waals surface area contributed by atoms with Crippen LogP contribution in [0.15, 0.2) is 23.1 Å². The van der Waals surface area contributed by atoms with Gasteiger partial charge >= 0.3 is 0 Å². The summed E-state index contributed by atoms with van der Waals surface area (Å²) in [5.41, 5.74) is 1.67. The standard InChI is InChI=1S/C17H24N2O4S/c1-12(20)19-10-9-13-11-14(7-8-15(13)19)24(22,23)18(2)16-5-3-4-6-17(16)21/h7-8,11,16-17,21H,3-6,9-10H2,1-2H3/t16-,17+/m0/s1. The first kappa shape index (κ1) is 17.4. The summed E-state index contributed by atoms with van der Waals surface area (Å²) in [6, 6.07) is 4.56. The van der Waals surface area contributed by atoms with Crippen molar-refractivity contribution in [3.63, 3.8) is 0 Å². The number of rotatable bonds is 3. The lowest BCUT2D eigenvalue weighted by atomic mass is 9.93. The highest BCUT2D eigenvalue weighted by Gasteiger charge is 2.35. The molecule has 1 aliphatic carbocycles. The maximum absolute atomic E-state index is 12.9. The fraction of sp³-hybridized carbons (Fsp3) is 0.588. The predicted molar refractivity (Wildman–Crippen MR) is 91.4 cm³/mol. The van der Waals surface area contributed by atoms with E-state index < -0.39 is 16.1 Å². The molecule has 0 bridgehead atoms. The van der Waals surface area contributed by atoms with Crippen LogP contribution in [0.3, 0.4) is 0 Å². The smallest absolute Gasteiger partial charge is 0.243 e. The summed E-state index contributed by atoms with van der Waals surface area (Å²) in [7, 11) is -2.12. The lowest BCUT2D eigenvalue weighted by molar-refractivity contribution is -0.116. The minimum absolute atomic E-state index is 0.0354. The maximum atomic E-state index is 12.9. The molecule has 0 radical (unpaired) electrons. The Balaban J connectivity index is 1.89. The van der Waals surface area contributed by atoms with E-state index in [2.05, 4.69) is 0 Å². The van der Waals surface area contributed by atoms with Crippen LogP contribution in [0.2, 0.25) is 0 Å². The Morgan fingerprint density at radius 2 is 2.00 bits per heavy atom. The molecule has 0 unspecified atom stereocenters. The first-order valence-electron chi connectivity index (χ1n) is 8.39. The van der Waals surface area contributed by atoms with Crippen molar-refractivity contribution in [2.75, 3.05) is 18.5 Å². The average Bonchev–Trinajstić information content (AvgIpc) is 2.98. The zero-order valence-electron chi connectivity index (χ0n) is 14.1. The summed E-state index contributed by atoms with van der Waals surface area (Å²) >= 11 is 0. The molecule has 1 amide bonds. The summed E-state index contributed by atoms with van der Waals surface area (Å²) in [5.74, 6) is -0.0354. The number of hydrogen-bond acceptors (Lipinski definition) is 4. The molecule has 0 spiro atoms. The molecular weight excluding hydrogens is 328 g/mol. The van der Waals surface area contributed by atoms with Gasteiger partial charge in [0.15, 0.2) is 0 Å². The number of benzene rings is 1. The Kier molecular flexibility index (Phi) is 4.68. The number of anilines is 1. The highest BCUT2D eigenvalue weighted by Crippen LogP contribution is 2.32. The molecule has 1 aromatic carbocycles. The lowest BCUT2D eigenvalue weighted by Gasteiger charge is -2.34. The van der Waals surface area contributed by atoms with E-state index >= 15 is 0 Å². The van der Waals surface area contributed by atoms with Crippen LogP contribution in [0, 0.1) is 0 Å². The van der Waals surface area contributed by atoms with Gasteiger partial charge < -0.3 is 10.0 Å². The lowest BCUT2D eigenvalue weighted by Crippen LogP contribution is -2.46. The van der Waals surface area contributed by atoms with Gasteiger partial charge in [-0.2, -0.15) is 4.31 Å². The molecule has 1 fully saturated rings. The third kappa shape index (κ3) is 2.96. The molecule has 1 heterocycles. The Hall–Kier alpha value is -1.44. The summed E-state index contributed by atoms with van der Waals surface area (Å²) in [4.78, 5) is 13.5. The number of aliphatic hydroxyl groups excluding tert-OH is 1. The number of carbonyl (C=O) groups is 1. The van der Waals surface area contributed by atoms with E-state index in [1.165, 1.54) is 11.2 Å². The van der Waals surface area contributed by atoms with E-state index in [9.17, 15) is 18.3 Å². The van der Waals surface area contributed by atoms with E-state index in [-0.39, 0.29) is 16.8 Å². The second-order valence-corrected chi connectivity index (χ2v) is 8.65. The van der Waals surface area contributed by atoms with Crippen molar-refractivity contribution < 1.29 is 18.3 Å². The molecule has 1 aliphatic heterocycles. The van der Waals surface area contributed by atoms with Gasteiger partial charge in [0.05, 0.1) is 17.0 Å². The molecule has 132 valence electrons. The number of nitrogens with zero attached hydrogens (tertiary/aromatic N) is 2. The van der Waals surface area contributed by atoms with Gasteiger partial charge in [-0.05, 0) is 43.0 Å². The van der Waals surface area contributed by atoms with Crippen LogP contribution in [0.1, 0.15) is 38.2 Å². The molecule has 24 heavy (non-hydrogen) atoms. The first-order chi connectivity index (χ1) is 11.3. The third-order valence-electron chi connectivity index (χ3n) is 5.16. The number of likely N-dealkylation sites (N-methyl/N-ethyl adjacent to an activating group) is 1. The molecule has 1 saturated carbocycles. The molecule has 1 N–H and O–H groups in total. The van der Waals surface area contributed by atoms with Gasteiger partial charge in [-0.3, -0.25) is 4.79 Å². The number of sulfonamides is 1. The van der Waals surface area contributed by atoms with Crippen molar-refractivity contribution in [2.45, 2.75) is 56.1 Å². The molecule has 2 aliphatic rings. The Bertz CT molecular complexity index is 747. The number of aliphatic hydroxyl groups is 1. The van der Waals surface area contributed by atoms with Gasteiger partial charge in [-0.1, -0.05) is 12.8 Å². The van der Waals surface area contributed by atoms with Crippen LogP contribution in [-0.4, -0.2) is 49.5 Å². The third-order valence-corrected chi connectivity index (χ3v) is 7.04. The van der Waals surface area contributed by atoms with Crippen LogP contribution in [0.4, 0.5) is 5.69 Å². The van der Waals surface area contributed by atoms with Gasteiger partial charge in [-0.15, -0.1) is 0 Å². The highest BCUT2D eigenvalue weighted by molar-refractivity contribution is 7.89. The SMILES string of the molecule is CC(=O)N1CCc2cc(S(=O)(=O)N(C)[C@H]3CCCC[C@H]3O)ccc21. The van der Waals surface area contributed by atoms with Crippen molar-refractivity contribution in [3.8, 4) is 0 Å². The van der Waals surface area contributed by atoms with E-state index in [0.29, 0.717) is 25.8 Å². The first-order valence-corrected chi connectivity index (χ1v) is 9.83. The quantitative estimate of drug-likeness (QED) is 0.895. The van der Waals surface area contributed by atoms with Crippen molar-refractivity contribution in [1.82, 2.24) is 4.31 Å². The van der Waals surface area contributed by atoms with Gasteiger partial charge in [0, 0.05) is 26.2 Å². The minimum Gasteiger partial charge on any atom is -0.391 e. The van der Waals surface area contributed by atoms with Crippen LogP contribution < -0.4 is 4.90 Å². The summed E-state index contributed by atoms with van der Waals surface area (Å²) in [6.45, 7) is 2.10. The van der Waals surface area contributed by atoms with Crippen LogP contribution >= 0.6 is 0 Å². The van der Waals surface area contributed by atoms with E-state index in [4.69, 9.17) is 0 Å². The summed E-state index contributed by atoms with van der Waals surface area (Å²) in [5, 5.41) is 10.2. The second-order valence-electron chi connectivity index (χ2n) is 6.65. The van der Waals surface area contributed by atoms with Crippen LogP contribution in [0.5, 0.6) is 0 Å². The average molecular weight is 352 g/mol. The van der Waals surface area contributed by atoms with Gasteiger partial charge in [0.2, 0.25) is 15.9 Å². The predicted octanol–water partition coefficient (Wildman–Crippen LogP) is 1.52. The van der Waals surface area contributed by atoms with Crippen molar-refractivity contribution in [3.05, 3.63) is 23.8 Å². The zero-order chi connectivity index (χ0) is 17.5. The van der Waals surface area contributed by atoms with Crippen molar-refractivity contribution in [2.24, 2.45) is 0 Å². The molecule has 3 rings (SSSR count). The van der Waals surface area contributed by atoms with Gasteiger partial charge in [0.25, 0.3) is 0 Å². The van der Waals surface area contributed by atoms with Crippen molar-refractivity contribution in [1.29, 1.82) is 0 Å². The van der Waals surface area contributed by atoms with Gasteiger partial charge in [-0.25, -0.2) is 8.42 Å². The molecule has 7 heteroatoms. The van der Waals surface area contributed by atoms with Crippen molar-refractivity contribution >= 4 is 21.6 Å². The molecule has 1 aromatic rings. The van der Waals surface area contributed by atoms with Crippen LogP contribution in [-0.2, 0) is 21.2 Å². The topological polar surface area (TPSA) is 77.9 Å². The van der Waals surface area contributed by atoms with E-state index in [0.717, 1.165) is 24.1 Å². The number of fused-ring (bicyclic) bond motifs is 1. The molecule has 0 aromatic heterocycles. The Labute approximate surface area is 143 Å². The summed E-state index contributed by atoms with van der Waals surface area (Å²) in [6.07, 6.45) is 3.24. The van der Waals surface area contributed by atoms with E-state index in [1.807, 2.05) is 0 Å². The number of carbonyl (C=O) groups excluding carboxylic acids is 1. The maximum Gasteiger partial charge on any atom is 0.243 e. The minimum atomic E-state index is -3.66. The molecule has 2 atom stereocenters. The summed E-state index contributed by atoms with van der Waals surface area (Å²) < 4.78 is 27.2. The zero-order valence-corrected chi connectivity index (χ0v) is 14.9. The molecular formula is C17H24N2O4S. The second kappa shape index (κ2) is 6.46. The highest BCUT2D eigenvalue weighted by atomic mass is 32.2. The Morgan fingerprint density at radius 1 is 1.29 bits per heavy atom.